The molecule has 0 bridgehead atoms. The Morgan fingerprint density at radius 3 is 2.61 bits per heavy atom. The maximum absolute atomic E-state index is 11.7. The molecule has 1 amide bonds. The van der Waals surface area contributed by atoms with Crippen molar-refractivity contribution >= 4 is 11.9 Å². The first-order chi connectivity index (χ1) is 8.45. The SMILES string of the molecule is CCc1cnc(CNC(=O)C(C)C(C)C(=O)O)o1. The molecule has 1 aromatic heterocycles. The van der Waals surface area contributed by atoms with Gasteiger partial charge in [-0.15, -0.1) is 0 Å². The maximum Gasteiger partial charge on any atom is 0.307 e. The van der Waals surface area contributed by atoms with Gasteiger partial charge in [0.25, 0.3) is 0 Å². The van der Waals surface area contributed by atoms with Gasteiger partial charge in [-0.25, -0.2) is 4.98 Å². The van der Waals surface area contributed by atoms with Crippen LogP contribution in [0, 0.1) is 11.8 Å². The topological polar surface area (TPSA) is 92.4 Å². The van der Waals surface area contributed by atoms with E-state index in [0.717, 1.165) is 12.2 Å². The number of amides is 1. The van der Waals surface area contributed by atoms with Crippen LogP contribution >= 0.6 is 0 Å². The van der Waals surface area contributed by atoms with Crippen LogP contribution in [0.4, 0.5) is 0 Å². The number of hydrogen-bond acceptors (Lipinski definition) is 4. The number of nitrogens with one attached hydrogen (secondary N) is 1. The van der Waals surface area contributed by atoms with E-state index in [1.807, 2.05) is 6.92 Å². The van der Waals surface area contributed by atoms with Crippen molar-refractivity contribution < 1.29 is 19.1 Å². The molecular formula is C12H18N2O4. The highest BCUT2D eigenvalue weighted by Crippen LogP contribution is 2.11. The molecule has 2 unspecified atom stereocenters. The highest BCUT2D eigenvalue weighted by molar-refractivity contribution is 5.84. The lowest BCUT2D eigenvalue weighted by Gasteiger charge is -2.14. The number of carboxylic acids is 1. The van der Waals surface area contributed by atoms with Crippen molar-refractivity contribution in [1.82, 2.24) is 10.3 Å². The fourth-order valence-corrected chi connectivity index (χ4v) is 1.36. The van der Waals surface area contributed by atoms with Crippen molar-refractivity contribution in [2.45, 2.75) is 33.7 Å². The Morgan fingerprint density at radius 2 is 2.11 bits per heavy atom. The number of hydrogen-bond donors (Lipinski definition) is 2. The van der Waals surface area contributed by atoms with E-state index in [2.05, 4.69) is 10.3 Å². The number of aromatic nitrogens is 1. The number of carboxylic acid groups (broad SMARTS) is 1. The van der Waals surface area contributed by atoms with E-state index in [0.29, 0.717) is 5.89 Å². The molecule has 2 atom stereocenters. The maximum atomic E-state index is 11.7. The second kappa shape index (κ2) is 6.18. The average Bonchev–Trinajstić information content (AvgIpc) is 2.81. The van der Waals surface area contributed by atoms with Gasteiger partial charge in [0.1, 0.15) is 5.76 Å². The predicted molar refractivity (Wildman–Crippen MR) is 63.7 cm³/mol. The van der Waals surface area contributed by atoms with Crippen LogP contribution in [-0.2, 0) is 22.6 Å². The highest BCUT2D eigenvalue weighted by Gasteiger charge is 2.25. The minimum absolute atomic E-state index is 0.176. The molecule has 6 heteroatoms. The number of carbonyl (C=O) groups excluding carboxylic acids is 1. The first-order valence-electron chi connectivity index (χ1n) is 5.89. The molecule has 0 saturated carbocycles. The van der Waals surface area contributed by atoms with E-state index in [-0.39, 0.29) is 12.5 Å². The van der Waals surface area contributed by atoms with Crippen molar-refractivity contribution in [2.75, 3.05) is 0 Å². The molecule has 0 aliphatic rings. The summed E-state index contributed by atoms with van der Waals surface area (Å²) in [4.78, 5) is 26.4. The van der Waals surface area contributed by atoms with E-state index < -0.39 is 17.8 Å². The second-order valence-electron chi connectivity index (χ2n) is 4.21. The summed E-state index contributed by atoms with van der Waals surface area (Å²) in [5.41, 5.74) is 0. The van der Waals surface area contributed by atoms with Crippen molar-refractivity contribution in [3.05, 3.63) is 17.8 Å². The van der Waals surface area contributed by atoms with Crippen LogP contribution in [0.15, 0.2) is 10.6 Å². The summed E-state index contributed by atoms with van der Waals surface area (Å²) < 4.78 is 5.33. The predicted octanol–water partition coefficient (Wildman–Crippen LogP) is 1.21. The van der Waals surface area contributed by atoms with E-state index in [1.165, 1.54) is 6.92 Å². The van der Waals surface area contributed by atoms with Gasteiger partial charge in [0.15, 0.2) is 0 Å². The lowest BCUT2D eigenvalue weighted by molar-refractivity contribution is -0.146. The summed E-state index contributed by atoms with van der Waals surface area (Å²) in [5, 5.41) is 11.4. The molecule has 6 nitrogen and oxygen atoms in total. The average molecular weight is 254 g/mol. The van der Waals surface area contributed by atoms with Gasteiger partial charge in [0.05, 0.1) is 18.7 Å². The molecule has 1 aromatic rings. The Bertz CT molecular complexity index is 427. The zero-order valence-corrected chi connectivity index (χ0v) is 10.8. The Morgan fingerprint density at radius 1 is 1.44 bits per heavy atom. The lowest BCUT2D eigenvalue weighted by atomic mass is 9.95. The molecule has 1 rings (SSSR count). The number of aliphatic carboxylic acids is 1. The molecule has 0 radical (unpaired) electrons. The van der Waals surface area contributed by atoms with E-state index in [9.17, 15) is 9.59 Å². The number of carbonyl (C=O) groups is 2. The lowest BCUT2D eigenvalue weighted by Crippen LogP contribution is -2.34. The first-order valence-corrected chi connectivity index (χ1v) is 5.89. The summed E-state index contributed by atoms with van der Waals surface area (Å²) in [6.07, 6.45) is 2.36. The Kier molecular flexibility index (Phi) is 4.88. The van der Waals surface area contributed by atoms with Crippen molar-refractivity contribution in [2.24, 2.45) is 11.8 Å². The molecule has 18 heavy (non-hydrogen) atoms. The number of oxazole rings is 1. The normalized spacial score (nSPS) is 13.9. The third-order valence-electron chi connectivity index (χ3n) is 2.92. The van der Waals surface area contributed by atoms with Crippen molar-refractivity contribution in [3.63, 3.8) is 0 Å². The van der Waals surface area contributed by atoms with Gasteiger partial charge in [-0.2, -0.15) is 0 Å². The van der Waals surface area contributed by atoms with Crippen LogP contribution in [0.25, 0.3) is 0 Å². The third-order valence-corrected chi connectivity index (χ3v) is 2.92. The Hall–Kier alpha value is -1.85. The van der Waals surface area contributed by atoms with Gasteiger partial charge in [-0.1, -0.05) is 20.8 Å². The van der Waals surface area contributed by atoms with E-state index in [1.54, 1.807) is 13.1 Å². The van der Waals surface area contributed by atoms with Gasteiger partial charge >= 0.3 is 5.97 Å². The quantitative estimate of drug-likeness (QED) is 0.796. The van der Waals surface area contributed by atoms with Crippen LogP contribution in [0.1, 0.15) is 32.4 Å². The van der Waals surface area contributed by atoms with Crippen molar-refractivity contribution in [1.29, 1.82) is 0 Å². The number of nitrogens with zero attached hydrogens (tertiary/aromatic N) is 1. The number of rotatable bonds is 6. The molecule has 0 saturated heterocycles. The van der Waals surface area contributed by atoms with Gasteiger partial charge < -0.3 is 14.8 Å². The largest absolute Gasteiger partial charge is 0.481 e. The summed E-state index contributed by atoms with van der Waals surface area (Å²) >= 11 is 0. The minimum atomic E-state index is -0.984. The molecule has 0 aliphatic heterocycles. The summed E-state index contributed by atoms with van der Waals surface area (Å²) in [6, 6.07) is 0. The smallest absolute Gasteiger partial charge is 0.307 e. The number of aryl methyl sites for hydroxylation is 1. The fraction of sp³-hybridized carbons (Fsp3) is 0.583. The fourth-order valence-electron chi connectivity index (χ4n) is 1.36. The van der Waals surface area contributed by atoms with Crippen LogP contribution in [0.3, 0.4) is 0 Å². The van der Waals surface area contributed by atoms with Gasteiger partial charge in [0.2, 0.25) is 11.8 Å². The molecule has 0 aromatic carbocycles. The Labute approximate surface area is 105 Å². The molecule has 0 spiro atoms. The summed E-state index contributed by atoms with van der Waals surface area (Å²) in [7, 11) is 0. The van der Waals surface area contributed by atoms with Crippen LogP contribution in [-0.4, -0.2) is 22.0 Å². The van der Waals surface area contributed by atoms with Crippen molar-refractivity contribution in [3.8, 4) is 0 Å². The molecule has 0 fully saturated rings. The third kappa shape index (κ3) is 3.58. The van der Waals surface area contributed by atoms with Crippen LogP contribution < -0.4 is 5.32 Å². The standard InChI is InChI=1S/C12H18N2O4/c1-4-9-5-13-10(18-9)6-14-11(15)7(2)8(3)12(16)17/h5,7-8H,4,6H2,1-3H3,(H,14,15)(H,16,17). The van der Waals surface area contributed by atoms with E-state index >= 15 is 0 Å². The Balaban J connectivity index is 2.48. The zero-order valence-electron chi connectivity index (χ0n) is 10.8. The molecule has 100 valence electrons. The monoisotopic (exact) mass is 254 g/mol. The van der Waals surface area contributed by atoms with Gasteiger partial charge in [-0.05, 0) is 0 Å². The van der Waals surface area contributed by atoms with E-state index in [4.69, 9.17) is 9.52 Å². The summed E-state index contributed by atoms with van der Waals surface area (Å²) in [5.74, 6) is -1.44. The zero-order chi connectivity index (χ0) is 13.7. The minimum Gasteiger partial charge on any atom is -0.481 e. The van der Waals surface area contributed by atoms with Crippen LogP contribution in [0.5, 0.6) is 0 Å². The summed E-state index contributed by atoms with van der Waals surface area (Å²) in [6.45, 7) is 5.21. The molecule has 0 aliphatic carbocycles. The van der Waals surface area contributed by atoms with Gasteiger partial charge in [0, 0.05) is 12.3 Å². The molecular weight excluding hydrogens is 236 g/mol. The first kappa shape index (κ1) is 14.2. The van der Waals surface area contributed by atoms with Crippen LogP contribution in [0.2, 0.25) is 0 Å². The highest BCUT2D eigenvalue weighted by atomic mass is 16.4. The molecule has 1 heterocycles. The van der Waals surface area contributed by atoms with Gasteiger partial charge in [-0.3, -0.25) is 9.59 Å². The molecule has 2 N–H and O–H groups in total. The second-order valence-corrected chi connectivity index (χ2v) is 4.21.